The number of carbonyl (C=O) groups is 1. The van der Waals surface area contributed by atoms with Crippen LogP contribution in [0, 0.1) is 6.92 Å². The molecule has 0 atom stereocenters. The molecule has 11 heteroatoms. The number of halogens is 3. The Morgan fingerprint density at radius 3 is 2.28 bits per heavy atom. The number of hydrogen-bond donors (Lipinski definition) is 2. The first-order valence-corrected chi connectivity index (χ1v) is 11.0. The second kappa shape index (κ2) is 9.57. The number of rotatable bonds is 3. The molecule has 0 radical (unpaired) electrons. The van der Waals surface area contributed by atoms with Crippen molar-refractivity contribution < 1.29 is 28.2 Å². The summed E-state index contributed by atoms with van der Waals surface area (Å²) in [5, 5.41) is 32.1. The molecule has 2 aromatic carbocycles. The van der Waals surface area contributed by atoms with Gasteiger partial charge in [-0.05, 0) is 67.1 Å². The molecule has 1 aliphatic rings. The molecular formula is C25H24F3N5O3. The molecule has 4 aromatic rings. The molecule has 5 rings (SSSR count). The van der Waals surface area contributed by atoms with E-state index in [-0.39, 0.29) is 5.75 Å². The number of carboxylic acid groups (broad SMARTS) is 1. The predicted octanol–water partition coefficient (Wildman–Crippen LogP) is 4.37. The van der Waals surface area contributed by atoms with E-state index in [9.17, 15) is 18.3 Å². The van der Waals surface area contributed by atoms with Crippen molar-refractivity contribution in [3.63, 3.8) is 0 Å². The molecule has 8 nitrogen and oxygen atoms in total. The number of aromatic hydroxyl groups is 1. The molecule has 188 valence electrons. The Labute approximate surface area is 204 Å². The summed E-state index contributed by atoms with van der Waals surface area (Å²) in [6, 6.07) is 13.9. The fraction of sp³-hybridized carbons (Fsp3) is 0.280. The van der Waals surface area contributed by atoms with Gasteiger partial charge in [0.1, 0.15) is 5.75 Å². The molecular weight excluding hydrogens is 475 g/mol. The summed E-state index contributed by atoms with van der Waals surface area (Å²) in [4.78, 5) is 11.2. The molecule has 0 unspecified atom stereocenters. The highest BCUT2D eigenvalue weighted by Crippen LogP contribution is 2.34. The summed E-state index contributed by atoms with van der Waals surface area (Å²) in [7, 11) is 4.03. The van der Waals surface area contributed by atoms with Crippen LogP contribution in [0.15, 0.2) is 48.7 Å². The van der Waals surface area contributed by atoms with Crippen LogP contribution < -0.4 is 0 Å². The zero-order chi connectivity index (χ0) is 26.2. The lowest BCUT2D eigenvalue weighted by Crippen LogP contribution is -2.42. The van der Waals surface area contributed by atoms with E-state index in [1.54, 1.807) is 6.07 Å². The van der Waals surface area contributed by atoms with E-state index in [4.69, 9.17) is 9.90 Å². The summed E-state index contributed by atoms with van der Waals surface area (Å²) in [5.41, 5.74) is 6.53. The van der Waals surface area contributed by atoms with Crippen molar-refractivity contribution in [3.8, 4) is 28.1 Å². The average molecular weight is 499 g/mol. The summed E-state index contributed by atoms with van der Waals surface area (Å²) >= 11 is 0. The smallest absolute Gasteiger partial charge is 0.490 e. The average Bonchev–Trinajstić information content (AvgIpc) is 3.18. The summed E-state index contributed by atoms with van der Waals surface area (Å²) in [5.74, 6) is -2.09. The Morgan fingerprint density at radius 2 is 1.72 bits per heavy atom. The van der Waals surface area contributed by atoms with Crippen LogP contribution in [0.3, 0.4) is 0 Å². The van der Waals surface area contributed by atoms with Crippen LogP contribution in [0.25, 0.3) is 33.3 Å². The lowest BCUT2D eigenvalue weighted by Gasteiger charge is -2.35. The van der Waals surface area contributed by atoms with Gasteiger partial charge in [-0.1, -0.05) is 6.07 Å². The first-order valence-electron chi connectivity index (χ1n) is 11.0. The van der Waals surface area contributed by atoms with Gasteiger partial charge in [0.2, 0.25) is 0 Å². The molecule has 36 heavy (non-hydrogen) atoms. The molecule has 0 saturated carbocycles. The van der Waals surface area contributed by atoms with Crippen molar-refractivity contribution in [1.29, 1.82) is 0 Å². The fourth-order valence-electron chi connectivity index (χ4n) is 4.11. The summed E-state index contributed by atoms with van der Waals surface area (Å²) in [6.07, 6.45) is -3.07. The number of aryl methyl sites for hydroxylation is 2. The van der Waals surface area contributed by atoms with E-state index in [0.29, 0.717) is 17.2 Å². The zero-order valence-corrected chi connectivity index (χ0v) is 19.8. The Morgan fingerprint density at radius 1 is 1.03 bits per heavy atom. The Kier molecular flexibility index (Phi) is 6.68. The number of alkyl halides is 3. The normalized spacial score (nSPS) is 14.3. The monoisotopic (exact) mass is 499 g/mol. The van der Waals surface area contributed by atoms with E-state index < -0.39 is 12.1 Å². The van der Waals surface area contributed by atoms with Crippen LogP contribution >= 0.6 is 0 Å². The minimum Gasteiger partial charge on any atom is -0.507 e. The lowest BCUT2D eigenvalue weighted by atomic mass is 9.96. The number of nitrogens with zero attached hydrogens (tertiary/aromatic N) is 5. The lowest BCUT2D eigenvalue weighted by molar-refractivity contribution is -0.192. The van der Waals surface area contributed by atoms with Crippen LogP contribution in [-0.2, 0) is 11.8 Å². The van der Waals surface area contributed by atoms with Gasteiger partial charge in [-0.15, -0.1) is 0 Å². The molecule has 3 heterocycles. The first-order chi connectivity index (χ1) is 16.9. The van der Waals surface area contributed by atoms with Crippen LogP contribution in [-0.4, -0.2) is 67.4 Å². The molecule has 0 aliphatic carbocycles. The minimum atomic E-state index is -5.08. The third-order valence-corrected chi connectivity index (χ3v) is 5.93. The second-order valence-corrected chi connectivity index (χ2v) is 8.83. The number of benzene rings is 2. The van der Waals surface area contributed by atoms with Crippen molar-refractivity contribution in [2.24, 2.45) is 7.05 Å². The topological polar surface area (TPSA) is 104 Å². The number of phenolic OH excluding ortho intramolecular Hbond substituents is 1. The van der Waals surface area contributed by atoms with Gasteiger partial charge in [-0.25, -0.2) is 4.79 Å². The van der Waals surface area contributed by atoms with E-state index in [0.717, 1.165) is 46.4 Å². The van der Waals surface area contributed by atoms with Crippen molar-refractivity contribution in [2.75, 3.05) is 20.1 Å². The maximum absolute atomic E-state index is 10.7. The second-order valence-electron chi connectivity index (χ2n) is 8.83. The third-order valence-electron chi connectivity index (χ3n) is 5.93. The standard InChI is InChI=1S/C23H23N5O.C2HF3O2/c1-14-8-16(9-17-13-28(3)26-23(14)17)15-4-5-19(22(29)10-15)21-7-6-20(24-25-21)18-11-27(2)12-18;3-2(4,5)1(6)7/h4-10,13,18,29H,11-12H2,1-3H3;(H,6,7). The molecule has 1 aliphatic heterocycles. The number of likely N-dealkylation sites (tertiary alicyclic amines) is 1. The number of aromatic nitrogens is 4. The largest absolute Gasteiger partial charge is 0.507 e. The predicted molar refractivity (Wildman–Crippen MR) is 128 cm³/mol. The highest BCUT2D eigenvalue weighted by atomic mass is 19.4. The van der Waals surface area contributed by atoms with Crippen LogP contribution in [0.4, 0.5) is 13.2 Å². The van der Waals surface area contributed by atoms with Gasteiger partial charge in [-0.2, -0.15) is 28.5 Å². The Hall–Kier alpha value is -3.99. The van der Waals surface area contributed by atoms with Crippen LogP contribution in [0.1, 0.15) is 17.2 Å². The van der Waals surface area contributed by atoms with Gasteiger partial charge in [0.05, 0.1) is 16.9 Å². The summed E-state index contributed by atoms with van der Waals surface area (Å²) in [6.45, 7) is 4.10. The van der Waals surface area contributed by atoms with Gasteiger partial charge in [-0.3, -0.25) is 4.68 Å². The molecule has 0 spiro atoms. The Bertz CT molecular complexity index is 1410. The van der Waals surface area contributed by atoms with Crippen molar-refractivity contribution in [2.45, 2.75) is 19.0 Å². The number of hydrogen-bond acceptors (Lipinski definition) is 6. The van der Waals surface area contributed by atoms with Crippen molar-refractivity contribution in [3.05, 3.63) is 59.9 Å². The molecule has 1 fully saturated rings. The van der Waals surface area contributed by atoms with Crippen LogP contribution in [0.2, 0.25) is 0 Å². The number of fused-ring (bicyclic) bond motifs is 1. The molecule has 2 aromatic heterocycles. The Balaban J connectivity index is 0.000000384. The van der Waals surface area contributed by atoms with E-state index in [2.05, 4.69) is 46.3 Å². The van der Waals surface area contributed by atoms with Crippen LogP contribution in [0.5, 0.6) is 5.75 Å². The van der Waals surface area contributed by atoms with Crippen molar-refractivity contribution in [1.82, 2.24) is 24.9 Å². The van der Waals surface area contributed by atoms with E-state index >= 15 is 0 Å². The third kappa shape index (κ3) is 5.30. The highest BCUT2D eigenvalue weighted by molar-refractivity contribution is 5.87. The van der Waals surface area contributed by atoms with Gasteiger partial charge >= 0.3 is 12.1 Å². The zero-order valence-electron chi connectivity index (χ0n) is 19.8. The van der Waals surface area contributed by atoms with E-state index in [1.807, 2.05) is 42.2 Å². The van der Waals surface area contributed by atoms with Gasteiger partial charge in [0.15, 0.2) is 0 Å². The van der Waals surface area contributed by atoms with Gasteiger partial charge < -0.3 is 15.1 Å². The summed E-state index contributed by atoms with van der Waals surface area (Å²) < 4.78 is 33.6. The number of phenols is 1. The van der Waals surface area contributed by atoms with E-state index in [1.165, 1.54) is 0 Å². The number of aliphatic carboxylic acids is 1. The maximum Gasteiger partial charge on any atom is 0.490 e. The first kappa shape index (κ1) is 25.1. The molecule has 2 N–H and O–H groups in total. The fourth-order valence-corrected chi connectivity index (χ4v) is 4.11. The molecule has 0 bridgehead atoms. The van der Waals surface area contributed by atoms with Gasteiger partial charge in [0, 0.05) is 43.2 Å². The maximum atomic E-state index is 10.7. The SMILES string of the molecule is Cc1cc(-c2ccc(-c3ccc(C4CN(C)C4)nn3)c(O)c2)cc2cn(C)nc12.O=C(O)C(F)(F)F. The number of likely N-dealkylation sites (N-methyl/N-ethyl adjacent to an activating group) is 1. The minimum absolute atomic E-state index is 0.205. The molecule has 0 amide bonds. The highest BCUT2D eigenvalue weighted by Gasteiger charge is 2.38. The quantitative estimate of drug-likeness (QED) is 0.431. The van der Waals surface area contributed by atoms with Crippen molar-refractivity contribution >= 4 is 16.9 Å². The number of carboxylic acids is 1. The van der Waals surface area contributed by atoms with Gasteiger partial charge in [0.25, 0.3) is 0 Å². The molecule has 1 saturated heterocycles.